The highest BCUT2D eigenvalue weighted by atomic mass is 32.2. The maximum atomic E-state index is 12.9. The second-order valence-corrected chi connectivity index (χ2v) is 9.81. The Kier molecular flexibility index (Phi) is 6.52. The van der Waals surface area contributed by atoms with E-state index in [1.54, 1.807) is 18.2 Å². The van der Waals surface area contributed by atoms with Crippen LogP contribution in [0.3, 0.4) is 0 Å². The summed E-state index contributed by atoms with van der Waals surface area (Å²) in [6.07, 6.45) is 6.04. The van der Waals surface area contributed by atoms with E-state index in [1.165, 1.54) is 24.5 Å². The zero-order valence-corrected chi connectivity index (χ0v) is 17.8. The van der Waals surface area contributed by atoms with Crippen LogP contribution in [0.15, 0.2) is 47.6 Å². The number of benzene rings is 1. The molecule has 0 radical (unpaired) electrons. The average Bonchev–Trinajstić information content (AvgIpc) is 2.68. The number of hydrogen-bond acceptors (Lipinski definition) is 5. The molecule has 1 amide bonds. The Balaban J connectivity index is 1.69. The van der Waals surface area contributed by atoms with Gasteiger partial charge in [0.2, 0.25) is 11.9 Å². The maximum Gasteiger partial charge on any atom is 0.264 e. The zero-order valence-electron chi connectivity index (χ0n) is 17.0. The molecule has 2 aromatic rings. The molecule has 1 aliphatic rings. The SMILES string of the molecule is CC(C)[C@@H]1CC[C@@H](C)CC1C(=O)Nc1ccc(S(=O)(=O)Nc2ncccn2)cc1. The van der Waals surface area contributed by atoms with Crippen molar-refractivity contribution in [2.24, 2.45) is 23.7 Å². The Morgan fingerprint density at radius 3 is 2.38 bits per heavy atom. The molecule has 1 saturated carbocycles. The van der Waals surface area contributed by atoms with E-state index in [9.17, 15) is 13.2 Å². The minimum Gasteiger partial charge on any atom is -0.326 e. The van der Waals surface area contributed by atoms with Crippen LogP contribution in [0.25, 0.3) is 0 Å². The molecule has 1 heterocycles. The number of hydrogen-bond donors (Lipinski definition) is 2. The summed E-state index contributed by atoms with van der Waals surface area (Å²) in [5.41, 5.74) is 0.589. The second-order valence-electron chi connectivity index (χ2n) is 8.12. The van der Waals surface area contributed by atoms with Crippen LogP contribution < -0.4 is 10.0 Å². The summed E-state index contributed by atoms with van der Waals surface area (Å²) >= 11 is 0. The summed E-state index contributed by atoms with van der Waals surface area (Å²) in [7, 11) is -3.79. The molecule has 156 valence electrons. The predicted octanol–water partition coefficient (Wildman–Crippen LogP) is 3.92. The largest absolute Gasteiger partial charge is 0.326 e. The van der Waals surface area contributed by atoms with Gasteiger partial charge in [0.1, 0.15) is 0 Å². The van der Waals surface area contributed by atoms with Gasteiger partial charge < -0.3 is 5.32 Å². The second kappa shape index (κ2) is 8.90. The molecule has 3 atom stereocenters. The standard InChI is InChI=1S/C21H28N4O3S/c1-14(2)18-10-5-15(3)13-19(18)20(26)24-16-6-8-17(9-7-16)29(27,28)25-21-22-11-4-12-23-21/h4,6-9,11-12,14-15,18-19H,5,10,13H2,1-3H3,(H,24,26)(H,22,23,25)/t15-,18+,19?/m1/s1. The van der Waals surface area contributed by atoms with Crippen LogP contribution in [0.4, 0.5) is 11.6 Å². The van der Waals surface area contributed by atoms with Crippen LogP contribution in [0, 0.1) is 23.7 Å². The number of amides is 1. The number of rotatable bonds is 6. The quantitative estimate of drug-likeness (QED) is 0.743. The summed E-state index contributed by atoms with van der Waals surface area (Å²) in [4.78, 5) is 20.7. The molecule has 1 aromatic carbocycles. The van der Waals surface area contributed by atoms with Crippen molar-refractivity contribution >= 4 is 27.6 Å². The van der Waals surface area contributed by atoms with E-state index in [2.05, 4.69) is 40.8 Å². The smallest absolute Gasteiger partial charge is 0.264 e. The first-order valence-corrected chi connectivity index (χ1v) is 11.5. The molecule has 0 spiro atoms. The van der Waals surface area contributed by atoms with Gasteiger partial charge in [-0.25, -0.2) is 23.1 Å². The van der Waals surface area contributed by atoms with Gasteiger partial charge in [-0.15, -0.1) is 0 Å². The molecular weight excluding hydrogens is 388 g/mol. The number of aromatic nitrogens is 2. The fourth-order valence-corrected chi connectivity index (χ4v) is 4.94. The molecular formula is C21H28N4O3S. The Morgan fingerprint density at radius 2 is 1.76 bits per heavy atom. The third kappa shape index (κ3) is 5.32. The zero-order chi connectivity index (χ0) is 21.0. The molecule has 0 saturated heterocycles. The van der Waals surface area contributed by atoms with E-state index >= 15 is 0 Å². The lowest BCUT2D eigenvalue weighted by Crippen LogP contribution is -2.36. The summed E-state index contributed by atoms with van der Waals surface area (Å²) in [5, 5.41) is 2.97. The summed E-state index contributed by atoms with van der Waals surface area (Å²) in [5.74, 6) is 1.38. The third-order valence-electron chi connectivity index (χ3n) is 5.58. The number of carbonyl (C=O) groups is 1. The Hall–Kier alpha value is -2.48. The third-order valence-corrected chi connectivity index (χ3v) is 6.93. The first-order chi connectivity index (χ1) is 13.8. The molecule has 0 bridgehead atoms. The number of carbonyl (C=O) groups excluding carboxylic acids is 1. The van der Waals surface area contributed by atoms with E-state index in [4.69, 9.17) is 0 Å². The number of anilines is 2. The van der Waals surface area contributed by atoms with Crippen molar-refractivity contribution in [3.8, 4) is 0 Å². The molecule has 7 nitrogen and oxygen atoms in total. The molecule has 1 aromatic heterocycles. The first-order valence-electron chi connectivity index (χ1n) is 9.97. The average molecular weight is 417 g/mol. The molecule has 1 fully saturated rings. The maximum absolute atomic E-state index is 12.9. The van der Waals surface area contributed by atoms with Crippen molar-refractivity contribution in [3.05, 3.63) is 42.7 Å². The van der Waals surface area contributed by atoms with Crippen molar-refractivity contribution in [1.29, 1.82) is 0 Å². The highest BCUT2D eigenvalue weighted by Gasteiger charge is 2.35. The summed E-state index contributed by atoms with van der Waals surface area (Å²) < 4.78 is 27.2. The van der Waals surface area contributed by atoms with Crippen LogP contribution >= 0.6 is 0 Å². The van der Waals surface area contributed by atoms with Crippen LogP contribution in [0.2, 0.25) is 0 Å². The van der Waals surface area contributed by atoms with Gasteiger partial charge in [0.05, 0.1) is 4.90 Å². The summed E-state index contributed by atoms with van der Waals surface area (Å²) in [6, 6.07) is 7.74. The molecule has 29 heavy (non-hydrogen) atoms. The lowest BCUT2D eigenvalue weighted by atomic mass is 9.70. The van der Waals surface area contributed by atoms with Crippen molar-refractivity contribution in [3.63, 3.8) is 0 Å². The normalized spacial score (nSPS) is 22.3. The van der Waals surface area contributed by atoms with Gasteiger partial charge >= 0.3 is 0 Å². The van der Waals surface area contributed by atoms with Crippen LogP contribution in [0.5, 0.6) is 0 Å². The van der Waals surface area contributed by atoms with Crippen LogP contribution in [0.1, 0.15) is 40.0 Å². The van der Waals surface area contributed by atoms with Gasteiger partial charge in [0.15, 0.2) is 0 Å². The minimum atomic E-state index is -3.79. The highest BCUT2D eigenvalue weighted by molar-refractivity contribution is 7.92. The van der Waals surface area contributed by atoms with E-state index < -0.39 is 10.0 Å². The van der Waals surface area contributed by atoms with E-state index in [-0.39, 0.29) is 22.7 Å². The van der Waals surface area contributed by atoms with E-state index in [0.717, 1.165) is 19.3 Å². The Morgan fingerprint density at radius 1 is 1.10 bits per heavy atom. The molecule has 2 N–H and O–H groups in total. The highest BCUT2D eigenvalue weighted by Crippen LogP contribution is 2.38. The molecule has 1 unspecified atom stereocenters. The van der Waals surface area contributed by atoms with Crippen LogP contribution in [-0.4, -0.2) is 24.3 Å². The predicted molar refractivity (Wildman–Crippen MR) is 113 cm³/mol. The Bertz CT molecular complexity index is 930. The van der Waals surface area contributed by atoms with Crippen molar-refractivity contribution in [2.45, 2.75) is 44.9 Å². The van der Waals surface area contributed by atoms with E-state index in [1.807, 2.05) is 0 Å². The Labute approximate surface area is 172 Å². The van der Waals surface area contributed by atoms with Crippen molar-refractivity contribution in [1.82, 2.24) is 9.97 Å². The fourth-order valence-electron chi connectivity index (χ4n) is 3.99. The number of nitrogens with zero attached hydrogens (tertiary/aromatic N) is 2. The number of nitrogens with one attached hydrogen (secondary N) is 2. The van der Waals surface area contributed by atoms with E-state index in [0.29, 0.717) is 23.4 Å². The van der Waals surface area contributed by atoms with Gasteiger partial charge in [0.25, 0.3) is 10.0 Å². The van der Waals surface area contributed by atoms with Crippen molar-refractivity contribution < 1.29 is 13.2 Å². The van der Waals surface area contributed by atoms with Crippen LogP contribution in [-0.2, 0) is 14.8 Å². The summed E-state index contributed by atoms with van der Waals surface area (Å²) in [6.45, 7) is 6.54. The topological polar surface area (TPSA) is 101 Å². The van der Waals surface area contributed by atoms with Crippen molar-refractivity contribution in [2.75, 3.05) is 10.0 Å². The lowest BCUT2D eigenvalue weighted by molar-refractivity contribution is -0.123. The monoisotopic (exact) mass is 416 g/mol. The first kappa shape index (κ1) is 21.2. The minimum absolute atomic E-state index is 0.0102. The molecule has 0 aliphatic heterocycles. The van der Waals surface area contributed by atoms with Gasteiger partial charge in [-0.2, -0.15) is 0 Å². The number of sulfonamides is 1. The van der Waals surface area contributed by atoms with Gasteiger partial charge in [-0.05, 0) is 60.9 Å². The van der Waals surface area contributed by atoms with Gasteiger partial charge in [0, 0.05) is 24.0 Å². The van der Waals surface area contributed by atoms with Gasteiger partial charge in [-0.3, -0.25) is 4.79 Å². The lowest BCUT2D eigenvalue weighted by Gasteiger charge is -2.36. The molecule has 1 aliphatic carbocycles. The molecule has 8 heteroatoms. The fraction of sp³-hybridized carbons (Fsp3) is 0.476. The van der Waals surface area contributed by atoms with Gasteiger partial charge in [-0.1, -0.05) is 27.2 Å². The molecule has 3 rings (SSSR count).